The van der Waals surface area contributed by atoms with Crippen molar-refractivity contribution in [3.63, 3.8) is 0 Å². The Morgan fingerprint density at radius 2 is 1.80 bits per heavy atom. The highest BCUT2D eigenvalue weighted by Gasteiger charge is 2.38. The summed E-state index contributed by atoms with van der Waals surface area (Å²) < 4.78 is 7.45. The molecule has 3 rings (SSSR count). The number of hydrogen-bond donors (Lipinski definition) is 0. The van der Waals surface area contributed by atoms with Gasteiger partial charge in [0, 0.05) is 37.9 Å². The molecule has 2 saturated heterocycles. The minimum Gasteiger partial charge on any atom is -0.379 e. The molecule has 0 aliphatic carbocycles. The topological polar surface area (TPSA) is 50.6 Å². The number of likely N-dealkylation sites (tertiary alicyclic amines) is 1. The molecular weight excluding hydrogens is 316 g/mol. The molecule has 0 spiro atoms. The third-order valence-electron chi connectivity index (χ3n) is 5.52. The van der Waals surface area contributed by atoms with Crippen LogP contribution in [0.25, 0.3) is 0 Å². The Kier molecular flexibility index (Phi) is 4.95. The molecule has 0 radical (unpaired) electrons. The van der Waals surface area contributed by atoms with E-state index in [2.05, 4.69) is 37.7 Å². The van der Waals surface area contributed by atoms with Gasteiger partial charge in [-0.05, 0) is 40.5 Å². The number of hydrogen-bond acceptors (Lipinski definition) is 4. The van der Waals surface area contributed by atoms with Gasteiger partial charge in [-0.2, -0.15) is 5.10 Å². The van der Waals surface area contributed by atoms with Crippen molar-refractivity contribution >= 4 is 5.91 Å². The fraction of sp³-hybridized carbons (Fsp3) is 0.789. The van der Waals surface area contributed by atoms with Crippen LogP contribution in [0.1, 0.15) is 49.4 Å². The number of aryl methyl sites for hydroxylation is 1. The second kappa shape index (κ2) is 6.72. The molecule has 1 aromatic rings. The third kappa shape index (κ3) is 3.47. The van der Waals surface area contributed by atoms with E-state index in [0.717, 1.165) is 56.3 Å². The fourth-order valence-electron chi connectivity index (χ4n) is 4.26. The van der Waals surface area contributed by atoms with Gasteiger partial charge in [0.1, 0.15) is 0 Å². The minimum absolute atomic E-state index is 0.123. The predicted octanol–water partition coefficient (Wildman–Crippen LogP) is 2.05. The smallest absolute Gasteiger partial charge is 0.257 e. The zero-order valence-corrected chi connectivity index (χ0v) is 16.5. The summed E-state index contributed by atoms with van der Waals surface area (Å²) in [6.45, 7) is 17.7. The molecule has 1 amide bonds. The molecule has 2 aliphatic rings. The van der Waals surface area contributed by atoms with Crippen LogP contribution in [0.15, 0.2) is 0 Å². The van der Waals surface area contributed by atoms with Crippen molar-refractivity contribution in [2.75, 3.05) is 39.4 Å². The highest BCUT2D eigenvalue weighted by Crippen LogP contribution is 2.27. The van der Waals surface area contributed by atoms with E-state index < -0.39 is 0 Å². The highest BCUT2D eigenvalue weighted by atomic mass is 16.5. The molecule has 2 atom stereocenters. The molecule has 3 heterocycles. The first kappa shape index (κ1) is 18.4. The maximum Gasteiger partial charge on any atom is 0.257 e. The van der Waals surface area contributed by atoms with Crippen molar-refractivity contribution in [2.45, 2.75) is 53.1 Å². The first-order chi connectivity index (χ1) is 11.7. The second-order valence-corrected chi connectivity index (χ2v) is 8.53. The number of nitrogens with zero attached hydrogens (tertiary/aromatic N) is 4. The van der Waals surface area contributed by atoms with Crippen molar-refractivity contribution in [3.05, 3.63) is 17.0 Å². The van der Waals surface area contributed by atoms with Gasteiger partial charge in [0.2, 0.25) is 0 Å². The van der Waals surface area contributed by atoms with Gasteiger partial charge in [-0.25, -0.2) is 0 Å². The average molecular weight is 348 g/mol. The summed E-state index contributed by atoms with van der Waals surface area (Å²) in [6.07, 6.45) is 0. The molecule has 0 saturated carbocycles. The predicted molar refractivity (Wildman–Crippen MR) is 97.9 cm³/mol. The summed E-state index contributed by atoms with van der Waals surface area (Å²) in [5.74, 6) is 0.619. The summed E-state index contributed by atoms with van der Waals surface area (Å²) in [6, 6.07) is 0.436. The van der Waals surface area contributed by atoms with Crippen LogP contribution in [0, 0.1) is 19.8 Å². The van der Waals surface area contributed by atoms with Crippen LogP contribution in [0.3, 0.4) is 0 Å². The van der Waals surface area contributed by atoms with Crippen LogP contribution in [-0.4, -0.2) is 70.9 Å². The largest absolute Gasteiger partial charge is 0.379 e. The number of amides is 1. The Morgan fingerprint density at radius 1 is 1.16 bits per heavy atom. The molecule has 25 heavy (non-hydrogen) atoms. The van der Waals surface area contributed by atoms with Crippen molar-refractivity contribution in [1.29, 1.82) is 0 Å². The van der Waals surface area contributed by atoms with E-state index >= 15 is 0 Å². The number of carbonyl (C=O) groups is 1. The van der Waals surface area contributed by atoms with Gasteiger partial charge >= 0.3 is 0 Å². The van der Waals surface area contributed by atoms with E-state index in [-0.39, 0.29) is 11.4 Å². The first-order valence-electron chi connectivity index (χ1n) is 9.38. The lowest BCUT2D eigenvalue weighted by molar-refractivity contribution is 0.0119. The van der Waals surface area contributed by atoms with Crippen molar-refractivity contribution in [3.8, 4) is 0 Å². The van der Waals surface area contributed by atoms with Gasteiger partial charge in [-0.15, -0.1) is 0 Å². The standard InChI is InChI=1S/C19H32N4O2/c1-13-11-22(12-16(13)21-7-9-25-10-8-21)18(24)17-14(2)20-23(15(17)3)19(4,5)6/h13,16H,7-12H2,1-6H3. The SMILES string of the molecule is Cc1nn(C(C)(C)C)c(C)c1C(=O)N1CC(C)C(N2CCOCC2)C1. The van der Waals surface area contributed by atoms with E-state index in [0.29, 0.717) is 12.0 Å². The number of rotatable bonds is 2. The van der Waals surface area contributed by atoms with Gasteiger partial charge < -0.3 is 9.64 Å². The van der Waals surface area contributed by atoms with Gasteiger partial charge in [0.05, 0.1) is 30.0 Å². The van der Waals surface area contributed by atoms with Crippen LogP contribution in [0.4, 0.5) is 0 Å². The lowest BCUT2D eigenvalue weighted by atomic mass is 10.0. The zero-order chi connectivity index (χ0) is 18.4. The number of carbonyl (C=O) groups excluding carboxylic acids is 1. The lowest BCUT2D eigenvalue weighted by Gasteiger charge is -2.34. The summed E-state index contributed by atoms with van der Waals surface area (Å²) in [7, 11) is 0. The monoisotopic (exact) mass is 348 g/mol. The van der Waals surface area contributed by atoms with Crippen molar-refractivity contribution in [1.82, 2.24) is 19.6 Å². The molecule has 2 aliphatic heterocycles. The first-order valence-corrected chi connectivity index (χ1v) is 9.38. The Morgan fingerprint density at radius 3 is 2.36 bits per heavy atom. The lowest BCUT2D eigenvalue weighted by Crippen LogP contribution is -2.47. The van der Waals surface area contributed by atoms with E-state index in [1.165, 1.54) is 0 Å². The minimum atomic E-state index is -0.123. The zero-order valence-electron chi connectivity index (χ0n) is 16.5. The Bertz CT molecular complexity index is 641. The van der Waals surface area contributed by atoms with Gasteiger partial charge in [-0.1, -0.05) is 6.92 Å². The summed E-state index contributed by atoms with van der Waals surface area (Å²) in [5.41, 5.74) is 2.46. The average Bonchev–Trinajstić information content (AvgIpc) is 3.07. The van der Waals surface area contributed by atoms with Gasteiger partial charge in [0.25, 0.3) is 5.91 Å². The number of morpholine rings is 1. The summed E-state index contributed by atoms with van der Waals surface area (Å²) in [4.78, 5) is 17.7. The molecule has 0 bridgehead atoms. The molecule has 0 aromatic carbocycles. The normalized spacial score (nSPS) is 25.6. The van der Waals surface area contributed by atoms with E-state index in [1.54, 1.807) is 0 Å². The van der Waals surface area contributed by atoms with E-state index in [4.69, 9.17) is 4.74 Å². The van der Waals surface area contributed by atoms with E-state index in [9.17, 15) is 4.79 Å². The van der Waals surface area contributed by atoms with Crippen LogP contribution in [0.2, 0.25) is 0 Å². The van der Waals surface area contributed by atoms with Crippen LogP contribution in [-0.2, 0) is 10.3 Å². The Hall–Kier alpha value is -1.40. The van der Waals surface area contributed by atoms with Gasteiger partial charge in [-0.3, -0.25) is 14.4 Å². The Labute approximate surface area is 151 Å². The van der Waals surface area contributed by atoms with E-state index in [1.807, 2.05) is 23.4 Å². The third-order valence-corrected chi connectivity index (χ3v) is 5.52. The molecule has 6 heteroatoms. The van der Waals surface area contributed by atoms with Gasteiger partial charge in [0.15, 0.2) is 0 Å². The molecule has 6 nitrogen and oxygen atoms in total. The quantitative estimate of drug-likeness (QED) is 0.821. The summed E-state index contributed by atoms with van der Waals surface area (Å²) in [5, 5.41) is 4.64. The molecule has 140 valence electrons. The molecule has 2 fully saturated rings. The van der Waals surface area contributed by atoms with Crippen LogP contribution in [0.5, 0.6) is 0 Å². The number of ether oxygens (including phenoxy) is 1. The molecule has 0 N–H and O–H groups in total. The molecule has 1 aromatic heterocycles. The maximum atomic E-state index is 13.2. The number of aromatic nitrogens is 2. The maximum absolute atomic E-state index is 13.2. The van der Waals surface area contributed by atoms with Crippen molar-refractivity contribution < 1.29 is 9.53 Å². The second-order valence-electron chi connectivity index (χ2n) is 8.53. The van der Waals surface area contributed by atoms with Crippen LogP contribution < -0.4 is 0 Å². The van der Waals surface area contributed by atoms with Crippen LogP contribution >= 0.6 is 0 Å². The highest BCUT2D eigenvalue weighted by molar-refractivity contribution is 5.96. The van der Waals surface area contributed by atoms with Crippen molar-refractivity contribution in [2.24, 2.45) is 5.92 Å². The Balaban J connectivity index is 1.79. The fourth-order valence-corrected chi connectivity index (χ4v) is 4.26. The molecule has 2 unspecified atom stereocenters. The summed E-state index contributed by atoms with van der Waals surface area (Å²) >= 11 is 0. The molecular formula is C19H32N4O2.